The van der Waals surface area contributed by atoms with Gasteiger partial charge in [0.15, 0.2) is 0 Å². The van der Waals surface area contributed by atoms with Crippen molar-refractivity contribution in [3.05, 3.63) is 60.3 Å². The van der Waals surface area contributed by atoms with Gasteiger partial charge in [-0.3, -0.25) is 4.79 Å². The molecule has 40 heavy (non-hydrogen) atoms. The minimum absolute atomic E-state index is 0.0236. The van der Waals surface area contributed by atoms with E-state index in [-0.39, 0.29) is 48.6 Å². The lowest BCUT2D eigenvalue weighted by molar-refractivity contribution is -0.151. The first-order valence-corrected chi connectivity index (χ1v) is 14.6. The highest BCUT2D eigenvalue weighted by Crippen LogP contribution is 2.50. The number of benzene rings is 1. The monoisotopic (exact) mass is 582 g/mol. The molecule has 1 N–H and O–H groups in total. The summed E-state index contributed by atoms with van der Waals surface area (Å²) in [6, 6.07) is 4.30. The van der Waals surface area contributed by atoms with E-state index >= 15 is 0 Å². The Bertz CT molecular complexity index is 1380. The fourth-order valence-corrected chi connectivity index (χ4v) is 7.00. The third kappa shape index (κ3) is 5.99. The number of ether oxygens (including phenoxy) is 1. The van der Waals surface area contributed by atoms with Crippen molar-refractivity contribution in [3.8, 4) is 5.88 Å². The quantitative estimate of drug-likeness (QED) is 0.331. The maximum absolute atomic E-state index is 13.5. The molecule has 5 atom stereocenters. The molecule has 3 aliphatic rings. The molecule has 3 fully saturated rings. The van der Waals surface area contributed by atoms with Crippen molar-refractivity contribution in [3.63, 3.8) is 0 Å². The van der Waals surface area contributed by atoms with Crippen LogP contribution in [0.4, 0.5) is 17.6 Å². The first-order valence-electron chi connectivity index (χ1n) is 13.1. The molecule has 2 saturated carbocycles. The second kappa shape index (κ2) is 10.7. The van der Waals surface area contributed by atoms with E-state index in [0.29, 0.717) is 11.5 Å². The molecule has 0 unspecified atom stereocenters. The van der Waals surface area contributed by atoms with E-state index in [1.165, 1.54) is 6.07 Å². The van der Waals surface area contributed by atoms with Gasteiger partial charge in [-0.15, -0.1) is 6.58 Å². The summed E-state index contributed by atoms with van der Waals surface area (Å²) in [5, 5.41) is 2.75. The van der Waals surface area contributed by atoms with Gasteiger partial charge in [0, 0.05) is 23.9 Å². The van der Waals surface area contributed by atoms with E-state index in [0.717, 1.165) is 41.4 Å². The molecule has 216 valence electrons. The van der Waals surface area contributed by atoms with Crippen molar-refractivity contribution in [1.29, 1.82) is 0 Å². The Hall–Kier alpha value is -3.06. The van der Waals surface area contributed by atoms with E-state index in [1.807, 2.05) is 0 Å². The number of carbonyl (C=O) groups is 1. The second-order valence-electron chi connectivity index (χ2n) is 10.7. The normalized spacial score (nSPS) is 26.9. The smallest absolute Gasteiger partial charge is 0.392 e. The molecule has 13 heteroatoms. The predicted molar refractivity (Wildman–Crippen MR) is 136 cm³/mol. The average Bonchev–Trinajstić information content (AvgIpc) is 3.82. The summed E-state index contributed by atoms with van der Waals surface area (Å²) in [7, 11) is -4.13. The molecule has 1 aromatic carbocycles. The summed E-state index contributed by atoms with van der Waals surface area (Å²) < 4.78 is 85.7. The van der Waals surface area contributed by atoms with Crippen LogP contribution in [0.1, 0.15) is 50.0 Å². The largest absolute Gasteiger partial charge is 0.477 e. The number of hydrogen-bond donors (Lipinski definition) is 1. The van der Waals surface area contributed by atoms with Gasteiger partial charge in [0.2, 0.25) is 21.8 Å². The van der Waals surface area contributed by atoms with Crippen LogP contribution in [0.3, 0.4) is 0 Å². The predicted octanol–water partition coefficient (Wildman–Crippen LogP) is 4.34. The van der Waals surface area contributed by atoms with Crippen molar-refractivity contribution in [2.45, 2.75) is 68.2 Å². The van der Waals surface area contributed by atoms with Gasteiger partial charge >= 0.3 is 6.18 Å². The van der Waals surface area contributed by atoms with Crippen LogP contribution in [0.5, 0.6) is 5.88 Å². The number of sulfonamides is 1. The van der Waals surface area contributed by atoms with Crippen LogP contribution in [0.2, 0.25) is 0 Å². The summed E-state index contributed by atoms with van der Waals surface area (Å²) in [5.74, 6) is -2.60. The van der Waals surface area contributed by atoms with Gasteiger partial charge in [0.1, 0.15) is 17.7 Å². The fraction of sp³-hybridized carbons (Fsp3) is 0.519. The van der Waals surface area contributed by atoms with Crippen LogP contribution in [0.25, 0.3) is 0 Å². The highest BCUT2D eigenvalue weighted by molar-refractivity contribution is 7.89. The van der Waals surface area contributed by atoms with Gasteiger partial charge in [0.25, 0.3) is 0 Å². The van der Waals surface area contributed by atoms with E-state index in [4.69, 9.17) is 4.74 Å². The topological polar surface area (TPSA) is 101 Å². The molecule has 2 heterocycles. The van der Waals surface area contributed by atoms with Crippen LogP contribution >= 0.6 is 0 Å². The fourth-order valence-electron chi connectivity index (χ4n) is 5.16. The number of amides is 1. The molecule has 2 aliphatic carbocycles. The second-order valence-corrected chi connectivity index (χ2v) is 12.5. The number of aromatic nitrogens is 2. The molecule has 0 bridgehead atoms. The number of nitrogens with zero attached hydrogens (tertiary/aromatic N) is 3. The maximum Gasteiger partial charge on any atom is 0.392 e. The Morgan fingerprint density at radius 2 is 1.90 bits per heavy atom. The number of alkyl halides is 3. The molecule has 5 rings (SSSR count). The van der Waals surface area contributed by atoms with E-state index in [2.05, 4.69) is 21.9 Å². The van der Waals surface area contributed by atoms with Crippen LogP contribution in [0, 0.1) is 23.6 Å². The zero-order chi connectivity index (χ0) is 28.8. The Kier molecular flexibility index (Phi) is 7.64. The Morgan fingerprint density at radius 1 is 1.20 bits per heavy atom. The third-order valence-corrected chi connectivity index (χ3v) is 9.78. The van der Waals surface area contributed by atoms with Crippen molar-refractivity contribution < 1.29 is 35.5 Å². The van der Waals surface area contributed by atoms with Gasteiger partial charge in [-0.2, -0.15) is 22.5 Å². The molecule has 1 saturated heterocycles. The van der Waals surface area contributed by atoms with Gasteiger partial charge in [-0.25, -0.2) is 17.8 Å². The van der Waals surface area contributed by atoms with Crippen molar-refractivity contribution >= 4 is 15.9 Å². The van der Waals surface area contributed by atoms with Gasteiger partial charge in [-0.05, 0) is 62.8 Å². The third-order valence-electron chi connectivity index (χ3n) is 7.77. The lowest BCUT2D eigenvalue weighted by Gasteiger charge is -2.27. The number of hydrogen-bond acceptors (Lipinski definition) is 6. The van der Waals surface area contributed by atoms with Gasteiger partial charge in [0.05, 0.1) is 29.7 Å². The Balaban J connectivity index is 1.29. The minimum Gasteiger partial charge on any atom is -0.477 e. The van der Waals surface area contributed by atoms with Crippen LogP contribution in [-0.2, 0) is 21.4 Å². The van der Waals surface area contributed by atoms with Crippen LogP contribution in [-0.4, -0.2) is 53.5 Å². The SMILES string of the molecule is C=C[C@@H]1C[C@@H](C(=O)NCc2cc(OC[C@@H]3C[C@H]3C(F)(F)F)nc(C3CC3)n2)N(S(=O)(=O)c2ccc(F)cc2)[C@H]1C. The summed E-state index contributed by atoms with van der Waals surface area (Å²) in [4.78, 5) is 22.1. The van der Waals surface area contributed by atoms with Gasteiger partial charge < -0.3 is 10.1 Å². The molecular weight excluding hydrogens is 552 g/mol. The summed E-state index contributed by atoms with van der Waals surface area (Å²) in [5.41, 5.74) is 0.405. The van der Waals surface area contributed by atoms with E-state index in [9.17, 15) is 30.8 Å². The summed E-state index contributed by atoms with van der Waals surface area (Å²) >= 11 is 0. The average molecular weight is 583 g/mol. The van der Waals surface area contributed by atoms with Crippen LogP contribution < -0.4 is 10.1 Å². The molecule has 0 spiro atoms. The van der Waals surface area contributed by atoms with Crippen LogP contribution in [0.15, 0.2) is 47.9 Å². The summed E-state index contributed by atoms with van der Waals surface area (Å²) in [6.07, 6.45) is -0.626. The van der Waals surface area contributed by atoms with Gasteiger partial charge in [-0.1, -0.05) is 6.08 Å². The number of halogens is 4. The Labute approximate surface area is 229 Å². The lowest BCUT2D eigenvalue weighted by Crippen LogP contribution is -2.48. The zero-order valence-corrected chi connectivity index (χ0v) is 22.6. The molecule has 2 aromatic rings. The lowest BCUT2D eigenvalue weighted by atomic mass is 10.0. The van der Waals surface area contributed by atoms with E-state index in [1.54, 1.807) is 13.0 Å². The number of nitrogens with one attached hydrogen (secondary N) is 1. The molecule has 1 aliphatic heterocycles. The highest BCUT2D eigenvalue weighted by Gasteiger charge is 2.56. The first-order chi connectivity index (χ1) is 18.9. The molecule has 1 aromatic heterocycles. The van der Waals surface area contributed by atoms with Crippen molar-refractivity contribution in [1.82, 2.24) is 19.6 Å². The molecule has 8 nitrogen and oxygen atoms in total. The van der Waals surface area contributed by atoms with Crippen molar-refractivity contribution in [2.24, 2.45) is 17.8 Å². The zero-order valence-electron chi connectivity index (χ0n) is 21.8. The maximum atomic E-state index is 13.5. The number of rotatable bonds is 10. The van der Waals surface area contributed by atoms with E-state index < -0.39 is 51.8 Å². The highest BCUT2D eigenvalue weighted by atomic mass is 32.2. The molecular formula is C27H30F4N4O4S. The van der Waals surface area contributed by atoms with Crippen molar-refractivity contribution in [2.75, 3.05) is 6.61 Å². The molecule has 1 amide bonds. The minimum atomic E-state index is -4.24. The number of carbonyl (C=O) groups excluding carboxylic acids is 1. The Morgan fingerprint density at radius 3 is 2.50 bits per heavy atom. The summed E-state index contributed by atoms with van der Waals surface area (Å²) in [6.45, 7) is 5.30. The molecule has 0 radical (unpaired) electrons. The standard InChI is InChI=1S/C27H30F4N4O4S/c1-3-16-11-23(35(15(16)2)40(37,38)21-8-6-19(28)7-9-21)26(36)32-13-20-12-24(34-25(33-20)17-4-5-17)39-14-18-10-22(18)27(29,30)31/h3,6-9,12,15-18,22-23H,1,4-5,10-11,13-14H2,2H3,(H,32,36)/t15-,16+,18-,22+,23-/m0/s1. The first kappa shape index (κ1) is 28.5.